The predicted molar refractivity (Wildman–Crippen MR) is 129 cm³/mol. The average Bonchev–Trinajstić information content (AvgIpc) is 3.19. The highest BCUT2D eigenvalue weighted by Gasteiger charge is 2.23. The smallest absolute Gasteiger partial charge is 0.216 e. The summed E-state index contributed by atoms with van der Waals surface area (Å²) in [6.07, 6.45) is -1.93. The molecule has 4 rings (SSSR count). The van der Waals surface area contributed by atoms with Gasteiger partial charge in [0.25, 0.3) is 0 Å². The van der Waals surface area contributed by atoms with Crippen LogP contribution in [0.4, 0.5) is 5.69 Å². The predicted octanol–water partition coefficient (Wildman–Crippen LogP) is 7.57. The van der Waals surface area contributed by atoms with Crippen molar-refractivity contribution in [3.05, 3.63) is 70.2 Å². The summed E-state index contributed by atoms with van der Waals surface area (Å²) in [4.78, 5) is 3.50. The van der Waals surface area contributed by atoms with Gasteiger partial charge in [-0.1, -0.05) is 45.8 Å². The molecule has 3 nitrogen and oxygen atoms in total. The van der Waals surface area contributed by atoms with Crippen LogP contribution >= 0.6 is 0 Å². The first-order valence-corrected chi connectivity index (χ1v) is 10.3. The van der Waals surface area contributed by atoms with Gasteiger partial charge in [-0.25, -0.2) is 4.85 Å². The molecule has 0 aliphatic heterocycles. The lowest BCUT2D eigenvalue weighted by Crippen LogP contribution is -2.35. The number of nitrogens with zero attached hydrogens (tertiary/aromatic N) is 2. The van der Waals surface area contributed by atoms with E-state index in [0.717, 1.165) is 5.56 Å². The Labute approximate surface area is 196 Å². The largest absolute Gasteiger partial charge is 0.456 e. The molecular weight excluding hydrogens is 380 g/mol. The van der Waals surface area contributed by atoms with Crippen molar-refractivity contribution < 1.29 is 20.0 Å². The van der Waals surface area contributed by atoms with Gasteiger partial charge in [0.1, 0.15) is 18.2 Å². The lowest BCUT2D eigenvalue weighted by Gasteiger charge is -2.11. The molecule has 0 N–H and O–H groups in total. The number of hydrogen-bond donors (Lipinski definition) is 0. The van der Waals surface area contributed by atoms with Crippen molar-refractivity contribution in [1.82, 2.24) is 0 Å². The normalized spacial score (nSPS) is 18.3. The maximum Gasteiger partial charge on any atom is 0.216 e. The average molecular weight is 420 g/mol. The molecule has 4 aromatic rings. The molecule has 0 bridgehead atoms. The number of furan rings is 1. The fourth-order valence-electron chi connectivity index (χ4n) is 3.92. The van der Waals surface area contributed by atoms with Crippen LogP contribution in [0.5, 0.6) is 0 Å². The number of benzene rings is 2. The third-order valence-electron chi connectivity index (χ3n) is 5.55. The molecular formula is C28H31N2O+. The third kappa shape index (κ3) is 3.61. The summed E-state index contributed by atoms with van der Waals surface area (Å²) >= 11 is 0. The summed E-state index contributed by atoms with van der Waals surface area (Å²) < 4.78 is 75.5. The molecule has 0 radical (unpaired) electrons. The highest BCUT2D eigenvalue weighted by Crippen LogP contribution is 2.41. The lowest BCUT2D eigenvalue weighted by molar-refractivity contribution is -0.666. The van der Waals surface area contributed by atoms with Crippen molar-refractivity contribution in [2.24, 2.45) is 13.0 Å². The number of aryl methyl sites for hydroxylation is 1. The summed E-state index contributed by atoms with van der Waals surface area (Å²) in [5.74, 6) is -2.51. The zero-order valence-corrected chi connectivity index (χ0v) is 18.7. The van der Waals surface area contributed by atoms with Crippen LogP contribution in [0.25, 0.3) is 38.0 Å². The third-order valence-corrected chi connectivity index (χ3v) is 5.55. The molecule has 31 heavy (non-hydrogen) atoms. The summed E-state index contributed by atoms with van der Waals surface area (Å²) in [6, 6.07) is 6.53. The SMILES string of the molecule is [2H]c1c(C([2H])([2H])C(C)C)c([2H])c(-c2c(C)ccc3c2oc2cc([N+]#[C-])c(C([2H])(C)C([2H])([2H])[2H])cc23)[n+](C)c1C. The van der Waals surface area contributed by atoms with E-state index in [4.69, 9.17) is 22.0 Å². The van der Waals surface area contributed by atoms with Gasteiger partial charge in [-0.2, -0.15) is 4.57 Å². The fourth-order valence-corrected chi connectivity index (χ4v) is 3.92. The summed E-state index contributed by atoms with van der Waals surface area (Å²) in [7, 11) is 1.73. The molecule has 0 aliphatic carbocycles. The van der Waals surface area contributed by atoms with Crippen LogP contribution in [0.1, 0.15) is 66.9 Å². The molecule has 0 saturated heterocycles. The number of aromatic nitrogens is 1. The van der Waals surface area contributed by atoms with Gasteiger partial charge in [0.2, 0.25) is 5.69 Å². The fraction of sp³-hybridized carbons (Fsp3) is 0.357. The van der Waals surface area contributed by atoms with Gasteiger partial charge in [-0.3, -0.25) is 0 Å². The van der Waals surface area contributed by atoms with Crippen LogP contribution < -0.4 is 4.57 Å². The Morgan fingerprint density at radius 1 is 1.23 bits per heavy atom. The van der Waals surface area contributed by atoms with Crippen LogP contribution in [0, 0.1) is 26.3 Å². The first-order valence-electron chi connectivity index (χ1n) is 14.3. The lowest BCUT2D eigenvalue weighted by atomic mass is 9.95. The van der Waals surface area contributed by atoms with E-state index in [1.54, 1.807) is 32.4 Å². The van der Waals surface area contributed by atoms with E-state index in [2.05, 4.69) is 4.85 Å². The Hall–Kier alpha value is -3.12. The van der Waals surface area contributed by atoms with Crippen molar-refractivity contribution in [2.75, 3.05) is 0 Å². The van der Waals surface area contributed by atoms with E-state index in [-0.39, 0.29) is 28.9 Å². The van der Waals surface area contributed by atoms with Gasteiger partial charge in [-0.15, -0.1) is 0 Å². The monoisotopic (exact) mass is 419 g/mol. The van der Waals surface area contributed by atoms with E-state index >= 15 is 0 Å². The Bertz CT molecular complexity index is 1690. The van der Waals surface area contributed by atoms with Gasteiger partial charge >= 0.3 is 0 Å². The minimum absolute atomic E-state index is 0.0100. The van der Waals surface area contributed by atoms with Crippen LogP contribution in [0.3, 0.4) is 0 Å². The minimum atomic E-state index is -2.67. The number of pyridine rings is 1. The van der Waals surface area contributed by atoms with Crippen LogP contribution in [-0.2, 0) is 13.4 Å². The Balaban J connectivity index is 2.16. The van der Waals surface area contributed by atoms with E-state index in [0.29, 0.717) is 38.9 Å². The Kier molecular flexibility index (Phi) is 3.38. The van der Waals surface area contributed by atoms with Gasteiger partial charge in [0.05, 0.1) is 14.9 Å². The van der Waals surface area contributed by atoms with Crippen molar-refractivity contribution in [3.63, 3.8) is 0 Å². The van der Waals surface area contributed by atoms with Crippen molar-refractivity contribution in [2.45, 2.75) is 53.7 Å². The van der Waals surface area contributed by atoms with E-state index in [1.807, 2.05) is 19.1 Å². The van der Waals surface area contributed by atoms with Gasteiger partial charge < -0.3 is 4.42 Å². The molecule has 0 spiro atoms. The van der Waals surface area contributed by atoms with Crippen molar-refractivity contribution in [3.8, 4) is 11.3 Å². The first kappa shape index (κ1) is 13.3. The van der Waals surface area contributed by atoms with Gasteiger partial charge in [0, 0.05) is 38.0 Å². The summed E-state index contributed by atoms with van der Waals surface area (Å²) in [5, 5.41) is 1.15. The van der Waals surface area contributed by atoms with Crippen LogP contribution in [0.2, 0.25) is 0 Å². The zero-order valence-electron chi connectivity index (χ0n) is 26.7. The quantitative estimate of drug-likeness (QED) is 0.247. The van der Waals surface area contributed by atoms with Crippen molar-refractivity contribution >= 4 is 27.6 Å². The van der Waals surface area contributed by atoms with E-state index < -0.39 is 25.0 Å². The van der Waals surface area contributed by atoms with Crippen molar-refractivity contribution in [1.29, 1.82) is 0 Å². The van der Waals surface area contributed by atoms with Crippen LogP contribution in [-0.4, -0.2) is 0 Å². The number of rotatable bonds is 4. The van der Waals surface area contributed by atoms with Crippen LogP contribution in [0.15, 0.2) is 40.8 Å². The maximum atomic E-state index is 9.12. The van der Waals surface area contributed by atoms with Gasteiger partial charge in [-0.05, 0) is 47.9 Å². The first-order chi connectivity index (χ1) is 17.9. The highest BCUT2D eigenvalue weighted by molar-refractivity contribution is 6.10. The molecule has 3 heteroatoms. The molecule has 2 aromatic carbocycles. The van der Waals surface area contributed by atoms with E-state index in [9.17, 15) is 0 Å². The molecule has 0 aliphatic rings. The summed E-state index contributed by atoms with van der Waals surface area (Å²) in [5.41, 5.74) is 3.04. The molecule has 2 heterocycles. The zero-order chi connectivity index (χ0) is 29.4. The topological polar surface area (TPSA) is 21.4 Å². The second kappa shape index (κ2) is 7.85. The second-order valence-corrected chi connectivity index (χ2v) is 8.26. The number of hydrogen-bond acceptors (Lipinski definition) is 1. The minimum Gasteiger partial charge on any atom is -0.456 e. The number of fused-ring (bicyclic) bond motifs is 3. The molecule has 1 unspecified atom stereocenters. The summed E-state index contributed by atoms with van der Waals surface area (Å²) in [6.45, 7) is 13.3. The molecule has 158 valence electrons. The highest BCUT2D eigenvalue weighted by atomic mass is 16.3. The molecule has 2 aromatic heterocycles. The van der Waals surface area contributed by atoms with Gasteiger partial charge in [0.15, 0.2) is 11.4 Å². The molecule has 0 saturated carbocycles. The molecule has 0 amide bonds. The molecule has 1 atom stereocenters. The van der Waals surface area contributed by atoms with E-state index in [1.165, 1.54) is 19.1 Å². The standard InChI is InChI=1S/C28H31N2O/c1-16(2)11-20-12-19(6)30(8)25(13-20)27-18(5)9-10-21-23-14-22(17(3)4)24(29-7)15-26(23)31-28(21)27/h9-10,12-17H,11H2,1-6,8H3/q+1/i3D3,11D2,12D,13D,17D. The Morgan fingerprint density at radius 3 is 2.68 bits per heavy atom. The molecule has 0 fully saturated rings. The second-order valence-electron chi connectivity index (χ2n) is 8.26. The Morgan fingerprint density at radius 2 is 2.00 bits per heavy atom. The maximum absolute atomic E-state index is 9.12.